The number of ether oxygens (including phenoxy) is 1. The van der Waals surface area contributed by atoms with E-state index in [0.29, 0.717) is 49.6 Å². The van der Waals surface area contributed by atoms with Gasteiger partial charge in [0.25, 0.3) is 5.91 Å². The summed E-state index contributed by atoms with van der Waals surface area (Å²) in [5.41, 5.74) is 0.510. The summed E-state index contributed by atoms with van der Waals surface area (Å²) in [6, 6.07) is 12.0. The first-order valence-electron chi connectivity index (χ1n) is 11.5. The fourth-order valence-corrected chi connectivity index (χ4v) is 3.71. The Hall–Kier alpha value is -3.60. The number of aliphatic hydroxyl groups is 1. The highest BCUT2D eigenvalue weighted by Gasteiger charge is 2.33. The molecule has 36 heavy (non-hydrogen) atoms. The molecular formula is C25H28F3N3O5. The van der Waals surface area contributed by atoms with E-state index in [1.165, 1.54) is 23.1 Å². The second-order valence-electron chi connectivity index (χ2n) is 8.05. The highest BCUT2D eigenvalue weighted by Crippen LogP contribution is 2.32. The fourth-order valence-electron chi connectivity index (χ4n) is 3.71. The maximum Gasteiger partial charge on any atom is 0.416 e. The predicted molar refractivity (Wildman–Crippen MR) is 125 cm³/mol. The molecule has 1 aliphatic rings. The van der Waals surface area contributed by atoms with E-state index in [9.17, 15) is 22.8 Å². The summed E-state index contributed by atoms with van der Waals surface area (Å²) in [7, 11) is 0. The summed E-state index contributed by atoms with van der Waals surface area (Å²) in [6.45, 7) is 2.30. The third-order valence-corrected chi connectivity index (χ3v) is 5.72. The normalized spacial score (nSPS) is 14.5. The third kappa shape index (κ3) is 7.20. The second-order valence-corrected chi connectivity index (χ2v) is 8.05. The first-order valence-corrected chi connectivity index (χ1v) is 11.5. The summed E-state index contributed by atoms with van der Waals surface area (Å²) in [4.78, 5) is 32.3. The quantitative estimate of drug-likeness (QED) is 0.416. The number of carbonyl (C=O) groups is 2. The van der Waals surface area contributed by atoms with Gasteiger partial charge in [-0.25, -0.2) is 0 Å². The minimum Gasteiger partial charge on any atom is -0.484 e. The van der Waals surface area contributed by atoms with E-state index >= 15 is 0 Å². The van der Waals surface area contributed by atoms with Crippen LogP contribution in [0, 0.1) is 0 Å². The SMILES string of the molecule is CC/C(=N\OCc1ccccc1C(F)(F)F)c1ccc(OCC(=O)N2CCN(C(=O)CO)CC2)cc1. The minimum absolute atomic E-state index is 0.000900. The Labute approximate surface area is 206 Å². The average molecular weight is 508 g/mol. The summed E-state index contributed by atoms with van der Waals surface area (Å²) < 4.78 is 45.0. The van der Waals surface area contributed by atoms with Crippen molar-refractivity contribution in [2.75, 3.05) is 39.4 Å². The lowest BCUT2D eigenvalue weighted by atomic mass is 10.1. The lowest BCUT2D eigenvalue weighted by Crippen LogP contribution is -2.52. The molecule has 2 aromatic rings. The zero-order valence-corrected chi connectivity index (χ0v) is 19.8. The van der Waals surface area contributed by atoms with Crippen LogP contribution in [0.15, 0.2) is 53.7 Å². The highest BCUT2D eigenvalue weighted by atomic mass is 19.4. The third-order valence-electron chi connectivity index (χ3n) is 5.72. The second kappa shape index (κ2) is 12.4. The summed E-state index contributed by atoms with van der Waals surface area (Å²) in [6.07, 6.45) is -3.98. The van der Waals surface area contributed by atoms with Crippen LogP contribution in [-0.4, -0.2) is 71.8 Å². The van der Waals surface area contributed by atoms with Crippen LogP contribution in [0.25, 0.3) is 0 Å². The number of carbonyl (C=O) groups excluding carboxylic acids is 2. The van der Waals surface area contributed by atoms with Crippen molar-refractivity contribution in [2.24, 2.45) is 5.16 Å². The molecule has 0 aliphatic carbocycles. The summed E-state index contributed by atoms with van der Waals surface area (Å²) >= 11 is 0. The number of hydrogen-bond donors (Lipinski definition) is 1. The van der Waals surface area contributed by atoms with Gasteiger partial charge in [-0.05, 0) is 42.3 Å². The summed E-state index contributed by atoms with van der Waals surface area (Å²) in [5.74, 6) is -0.0971. The Kier molecular flexibility index (Phi) is 9.29. The van der Waals surface area contributed by atoms with Crippen molar-refractivity contribution in [3.8, 4) is 5.75 Å². The van der Waals surface area contributed by atoms with Crippen molar-refractivity contribution in [1.29, 1.82) is 0 Å². The van der Waals surface area contributed by atoms with Crippen molar-refractivity contribution in [2.45, 2.75) is 26.1 Å². The molecule has 0 aromatic heterocycles. The van der Waals surface area contributed by atoms with Gasteiger partial charge in [-0.3, -0.25) is 9.59 Å². The number of amides is 2. The Morgan fingerprint density at radius 2 is 1.58 bits per heavy atom. The van der Waals surface area contributed by atoms with Crippen LogP contribution in [0.1, 0.15) is 30.0 Å². The molecule has 1 aliphatic heterocycles. The zero-order chi connectivity index (χ0) is 26.1. The van der Waals surface area contributed by atoms with Crippen LogP contribution in [0.5, 0.6) is 5.75 Å². The molecule has 3 rings (SSSR count). The minimum atomic E-state index is -4.47. The standard InChI is InChI=1S/C25H28F3N3O5/c1-2-22(29-36-16-19-5-3-4-6-21(19)25(26,27)28)18-7-9-20(10-8-18)35-17-24(34)31-13-11-30(12-14-31)23(33)15-32/h3-10,32H,2,11-17H2,1H3/b29-22+. The van der Waals surface area contributed by atoms with Gasteiger partial charge < -0.3 is 24.5 Å². The molecule has 0 bridgehead atoms. The molecule has 8 nitrogen and oxygen atoms in total. The molecule has 11 heteroatoms. The highest BCUT2D eigenvalue weighted by molar-refractivity contribution is 6.00. The molecule has 0 radical (unpaired) electrons. The van der Waals surface area contributed by atoms with Crippen LogP contribution in [0.4, 0.5) is 13.2 Å². The molecule has 0 saturated carbocycles. The Bertz CT molecular complexity index is 1070. The van der Waals surface area contributed by atoms with Gasteiger partial charge in [-0.1, -0.05) is 30.3 Å². The fraction of sp³-hybridized carbons (Fsp3) is 0.400. The van der Waals surface area contributed by atoms with E-state index in [-0.39, 0.29) is 30.6 Å². The molecule has 1 saturated heterocycles. The predicted octanol–water partition coefficient (Wildman–Crippen LogP) is 3.08. The van der Waals surface area contributed by atoms with Gasteiger partial charge in [-0.15, -0.1) is 0 Å². The van der Waals surface area contributed by atoms with Crippen molar-refractivity contribution in [1.82, 2.24) is 9.80 Å². The van der Waals surface area contributed by atoms with Gasteiger partial charge in [0.15, 0.2) is 6.61 Å². The van der Waals surface area contributed by atoms with Crippen molar-refractivity contribution in [3.05, 3.63) is 65.2 Å². The maximum atomic E-state index is 13.1. The molecule has 0 unspecified atom stereocenters. The maximum absolute atomic E-state index is 13.1. The molecule has 1 N–H and O–H groups in total. The number of piperazine rings is 1. The lowest BCUT2D eigenvalue weighted by molar-refractivity contribution is -0.142. The van der Waals surface area contributed by atoms with Gasteiger partial charge in [0.2, 0.25) is 5.91 Å². The Morgan fingerprint density at radius 1 is 0.972 bits per heavy atom. The molecule has 0 atom stereocenters. The van der Waals surface area contributed by atoms with Crippen molar-refractivity contribution in [3.63, 3.8) is 0 Å². The topological polar surface area (TPSA) is 91.7 Å². The summed E-state index contributed by atoms with van der Waals surface area (Å²) in [5, 5.41) is 12.9. The first kappa shape index (κ1) is 27.0. The molecule has 0 spiro atoms. The Balaban J connectivity index is 1.52. The lowest BCUT2D eigenvalue weighted by Gasteiger charge is -2.34. The number of oxime groups is 1. The molecule has 1 heterocycles. The van der Waals surface area contributed by atoms with E-state index in [4.69, 9.17) is 14.7 Å². The van der Waals surface area contributed by atoms with E-state index in [0.717, 1.165) is 6.07 Å². The number of halogens is 3. The Morgan fingerprint density at radius 3 is 2.17 bits per heavy atom. The van der Waals surface area contributed by atoms with E-state index in [1.54, 1.807) is 29.2 Å². The number of hydrogen-bond acceptors (Lipinski definition) is 6. The molecule has 1 fully saturated rings. The van der Waals surface area contributed by atoms with Gasteiger partial charge in [0.1, 0.15) is 19.0 Å². The largest absolute Gasteiger partial charge is 0.484 e. The van der Waals surface area contributed by atoms with Crippen molar-refractivity contribution >= 4 is 17.5 Å². The van der Waals surface area contributed by atoms with Crippen molar-refractivity contribution < 1.29 is 37.4 Å². The van der Waals surface area contributed by atoms with E-state index in [1.807, 2.05) is 6.92 Å². The number of nitrogens with zero attached hydrogens (tertiary/aromatic N) is 3. The molecule has 2 aromatic carbocycles. The van der Waals surface area contributed by atoms with Crippen LogP contribution in [0.2, 0.25) is 0 Å². The van der Waals surface area contributed by atoms with Gasteiger partial charge >= 0.3 is 6.18 Å². The number of rotatable bonds is 9. The smallest absolute Gasteiger partial charge is 0.416 e. The number of aliphatic hydroxyl groups excluding tert-OH is 1. The van der Waals surface area contributed by atoms with Gasteiger partial charge in [0, 0.05) is 31.7 Å². The van der Waals surface area contributed by atoms with Crippen LogP contribution in [-0.2, 0) is 27.2 Å². The molecule has 2 amide bonds. The van der Waals surface area contributed by atoms with E-state index in [2.05, 4.69) is 5.16 Å². The first-order chi connectivity index (χ1) is 17.2. The van der Waals surface area contributed by atoms with Crippen LogP contribution >= 0.6 is 0 Å². The average Bonchev–Trinajstić information content (AvgIpc) is 2.89. The zero-order valence-electron chi connectivity index (χ0n) is 19.8. The van der Waals surface area contributed by atoms with Crippen LogP contribution < -0.4 is 4.74 Å². The van der Waals surface area contributed by atoms with E-state index < -0.39 is 18.3 Å². The monoisotopic (exact) mass is 507 g/mol. The van der Waals surface area contributed by atoms with Gasteiger partial charge in [0.05, 0.1) is 11.3 Å². The van der Waals surface area contributed by atoms with Crippen LogP contribution in [0.3, 0.4) is 0 Å². The van der Waals surface area contributed by atoms with Gasteiger partial charge in [-0.2, -0.15) is 13.2 Å². The molecule has 194 valence electrons. The molecular weight excluding hydrogens is 479 g/mol. The number of alkyl halides is 3. The number of benzene rings is 2.